The predicted molar refractivity (Wildman–Crippen MR) is 91.0 cm³/mol. The Labute approximate surface area is 134 Å². The first kappa shape index (κ1) is 16.4. The second kappa shape index (κ2) is 7.84. The van der Waals surface area contributed by atoms with Gasteiger partial charge in [-0.05, 0) is 30.4 Å². The smallest absolute Gasteiger partial charge is 0.254 e. The highest BCUT2D eigenvalue weighted by atomic mass is 32.2. The summed E-state index contributed by atoms with van der Waals surface area (Å²) in [5.41, 5.74) is 2.60. The summed E-state index contributed by atoms with van der Waals surface area (Å²) in [5, 5.41) is 0.649. The van der Waals surface area contributed by atoms with Crippen molar-refractivity contribution in [3.8, 4) is 5.75 Å². The van der Waals surface area contributed by atoms with Gasteiger partial charge in [-0.3, -0.25) is 4.79 Å². The van der Waals surface area contributed by atoms with Crippen LogP contribution >= 0.6 is 11.8 Å². The molecule has 0 aliphatic heterocycles. The molecule has 2 rings (SSSR count). The Balaban J connectivity index is 2.31. The number of aromatic amines is 1. The van der Waals surface area contributed by atoms with Gasteiger partial charge in [0.1, 0.15) is 12.4 Å². The maximum absolute atomic E-state index is 12.1. The molecule has 0 radical (unpaired) electrons. The van der Waals surface area contributed by atoms with Crippen molar-refractivity contribution >= 4 is 11.8 Å². The van der Waals surface area contributed by atoms with Crippen molar-refractivity contribution in [2.45, 2.75) is 24.9 Å². The van der Waals surface area contributed by atoms with Crippen LogP contribution in [0.5, 0.6) is 5.75 Å². The van der Waals surface area contributed by atoms with Crippen molar-refractivity contribution in [2.24, 2.45) is 0 Å². The minimum atomic E-state index is -0.0455. The average Bonchev–Trinajstić information content (AvgIpc) is 2.53. The number of benzene rings is 1. The lowest BCUT2D eigenvalue weighted by Gasteiger charge is -2.09. The quantitative estimate of drug-likeness (QED) is 0.484. The molecule has 22 heavy (non-hydrogen) atoms. The number of hydrogen-bond donors (Lipinski definition) is 1. The number of ether oxygens (including phenoxy) is 1. The zero-order valence-electron chi connectivity index (χ0n) is 12.9. The molecule has 4 nitrogen and oxygen atoms in total. The molecule has 0 unspecified atom stereocenters. The van der Waals surface area contributed by atoms with Crippen LogP contribution in [0.4, 0.5) is 0 Å². The molecule has 0 amide bonds. The highest BCUT2D eigenvalue weighted by Crippen LogP contribution is 2.18. The van der Waals surface area contributed by atoms with Crippen LogP contribution < -0.4 is 10.3 Å². The van der Waals surface area contributed by atoms with Crippen molar-refractivity contribution < 1.29 is 4.74 Å². The van der Waals surface area contributed by atoms with Crippen LogP contribution in [0, 0.1) is 0 Å². The van der Waals surface area contributed by atoms with E-state index in [1.807, 2.05) is 37.4 Å². The number of thioether (sulfide) groups is 1. The molecule has 1 heterocycles. The summed E-state index contributed by atoms with van der Waals surface area (Å²) in [7, 11) is 0. The SMILES string of the molecule is C=CCOc1cccc(Cc2nc(SC)[nH]c(=O)c2CC)c1. The number of nitrogens with zero attached hydrogens (tertiary/aromatic N) is 1. The third kappa shape index (κ3) is 4.01. The van der Waals surface area contributed by atoms with Crippen LogP contribution in [0.2, 0.25) is 0 Å². The molecule has 0 saturated heterocycles. The van der Waals surface area contributed by atoms with E-state index in [2.05, 4.69) is 16.5 Å². The van der Waals surface area contributed by atoms with Crippen LogP contribution in [0.15, 0.2) is 46.9 Å². The Morgan fingerprint density at radius 3 is 2.95 bits per heavy atom. The minimum Gasteiger partial charge on any atom is -0.490 e. The van der Waals surface area contributed by atoms with E-state index in [9.17, 15) is 4.79 Å². The average molecular weight is 316 g/mol. The fourth-order valence-corrected chi connectivity index (χ4v) is 2.62. The van der Waals surface area contributed by atoms with Gasteiger partial charge >= 0.3 is 0 Å². The van der Waals surface area contributed by atoms with Crippen LogP contribution in [0.1, 0.15) is 23.7 Å². The highest BCUT2D eigenvalue weighted by molar-refractivity contribution is 7.98. The molecule has 1 aromatic carbocycles. The fourth-order valence-electron chi connectivity index (χ4n) is 2.22. The first-order valence-corrected chi connectivity index (χ1v) is 8.39. The van der Waals surface area contributed by atoms with Gasteiger partial charge in [0.15, 0.2) is 5.16 Å². The molecular formula is C17H20N2O2S. The number of nitrogens with one attached hydrogen (secondary N) is 1. The van der Waals surface area contributed by atoms with Gasteiger partial charge < -0.3 is 9.72 Å². The fraction of sp³-hybridized carbons (Fsp3) is 0.294. The third-order valence-electron chi connectivity index (χ3n) is 3.26. The van der Waals surface area contributed by atoms with E-state index in [0.717, 1.165) is 22.6 Å². The van der Waals surface area contributed by atoms with Gasteiger partial charge in [0.2, 0.25) is 0 Å². The molecule has 0 fully saturated rings. The lowest BCUT2D eigenvalue weighted by atomic mass is 10.0. The molecule has 0 aliphatic rings. The van der Waals surface area contributed by atoms with Gasteiger partial charge in [0.05, 0.1) is 5.69 Å². The second-order valence-corrected chi connectivity index (χ2v) is 5.57. The largest absolute Gasteiger partial charge is 0.490 e. The predicted octanol–water partition coefficient (Wildman–Crippen LogP) is 3.21. The summed E-state index contributed by atoms with van der Waals surface area (Å²) in [6.45, 7) is 6.09. The maximum Gasteiger partial charge on any atom is 0.254 e. The first-order chi connectivity index (χ1) is 10.7. The van der Waals surface area contributed by atoms with E-state index in [-0.39, 0.29) is 5.56 Å². The van der Waals surface area contributed by atoms with Gasteiger partial charge in [0.25, 0.3) is 5.56 Å². The van der Waals surface area contributed by atoms with Crippen molar-refractivity contribution in [1.29, 1.82) is 0 Å². The monoisotopic (exact) mass is 316 g/mol. The van der Waals surface area contributed by atoms with E-state index in [0.29, 0.717) is 24.6 Å². The van der Waals surface area contributed by atoms with E-state index in [4.69, 9.17) is 4.74 Å². The Hall–Kier alpha value is -2.01. The normalized spacial score (nSPS) is 10.5. The van der Waals surface area contributed by atoms with E-state index >= 15 is 0 Å². The molecule has 0 spiro atoms. The van der Waals surface area contributed by atoms with Crippen LogP contribution in [-0.4, -0.2) is 22.8 Å². The Kier molecular flexibility index (Phi) is 5.83. The van der Waals surface area contributed by atoms with Crippen LogP contribution in [-0.2, 0) is 12.8 Å². The van der Waals surface area contributed by atoms with E-state index in [1.54, 1.807) is 6.08 Å². The van der Waals surface area contributed by atoms with Gasteiger partial charge in [-0.2, -0.15) is 0 Å². The Morgan fingerprint density at radius 2 is 2.27 bits per heavy atom. The summed E-state index contributed by atoms with van der Waals surface area (Å²) < 4.78 is 5.55. The molecule has 1 N–H and O–H groups in total. The summed E-state index contributed by atoms with van der Waals surface area (Å²) in [4.78, 5) is 19.5. The third-order valence-corrected chi connectivity index (χ3v) is 3.84. The molecule has 0 aliphatic carbocycles. The number of rotatable bonds is 7. The van der Waals surface area contributed by atoms with Gasteiger partial charge in [-0.25, -0.2) is 4.98 Å². The lowest BCUT2D eigenvalue weighted by Crippen LogP contribution is -2.18. The van der Waals surface area contributed by atoms with Crippen molar-refractivity contribution in [1.82, 2.24) is 9.97 Å². The Morgan fingerprint density at radius 1 is 1.45 bits per heavy atom. The molecular weight excluding hydrogens is 296 g/mol. The maximum atomic E-state index is 12.1. The highest BCUT2D eigenvalue weighted by Gasteiger charge is 2.11. The molecule has 116 valence electrons. The van der Waals surface area contributed by atoms with E-state index in [1.165, 1.54) is 11.8 Å². The molecule has 1 aromatic heterocycles. The number of aromatic nitrogens is 2. The zero-order valence-corrected chi connectivity index (χ0v) is 13.7. The molecule has 5 heteroatoms. The summed E-state index contributed by atoms with van der Waals surface area (Å²) in [6.07, 6.45) is 4.90. The summed E-state index contributed by atoms with van der Waals surface area (Å²) in [6, 6.07) is 7.85. The number of hydrogen-bond acceptors (Lipinski definition) is 4. The number of H-pyrrole nitrogens is 1. The van der Waals surface area contributed by atoms with Crippen molar-refractivity contribution in [3.63, 3.8) is 0 Å². The minimum absolute atomic E-state index is 0.0455. The van der Waals surface area contributed by atoms with Gasteiger partial charge in [-0.1, -0.05) is 43.5 Å². The Bertz CT molecular complexity index is 710. The molecule has 0 atom stereocenters. The summed E-state index contributed by atoms with van der Waals surface area (Å²) in [5.74, 6) is 0.797. The topological polar surface area (TPSA) is 55.0 Å². The van der Waals surface area contributed by atoms with Crippen molar-refractivity contribution in [2.75, 3.05) is 12.9 Å². The molecule has 0 saturated carbocycles. The van der Waals surface area contributed by atoms with E-state index < -0.39 is 0 Å². The zero-order chi connectivity index (χ0) is 15.9. The van der Waals surface area contributed by atoms with Gasteiger partial charge in [0, 0.05) is 12.0 Å². The lowest BCUT2D eigenvalue weighted by molar-refractivity contribution is 0.363. The van der Waals surface area contributed by atoms with Gasteiger partial charge in [-0.15, -0.1) is 0 Å². The second-order valence-electron chi connectivity index (χ2n) is 4.78. The molecule has 0 bridgehead atoms. The standard InChI is InChI=1S/C17H20N2O2S/c1-4-9-21-13-8-6-7-12(10-13)11-15-14(5-2)16(20)19-17(18-15)22-3/h4,6-8,10H,1,5,9,11H2,2-3H3,(H,18,19,20). The van der Waals surface area contributed by atoms with Crippen LogP contribution in [0.3, 0.4) is 0 Å². The molecule has 2 aromatic rings. The van der Waals surface area contributed by atoms with Crippen LogP contribution in [0.25, 0.3) is 0 Å². The van der Waals surface area contributed by atoms with Crippen molar-refractivity contribution in [3.05, 3.63) is 64.1 Å². The summed E-state index contributed by atoms with van der Waals surface area (Å²) >= 11 is 1.44. The first-order valence-electron chi connectivity index (χ1n) is 7.16.